The van der Waals surface area contributed by atoms with Gasteiger partial charge in [0.05, 0.1) is 0 Å². The van der Waals surface area contributed by atoms with Crippen LogP contribution in [0.15, 0.2) is 67.3 Å². The van der Waals surface area contributed by atoms with E-state index >= 15 is 0 Å². The predicted molar refractivity (Wildman–Crippen MR) is 80.0 cm³/mol. The molecule has 88 valence electrons. The van der Waals surface area contributed by atoms with Gasteiger partial charge in [0.25, 0.3) is 0 Å². The first-order valence-corrected chi connectivity index (χ1v) is 6.40. The Hall–Kier alpha value is -2.08. The Kier molecular flexibility index (Phi) is 2.85. The van der Waals surface area contributed by atoms with Crippen LogP contribution in [0, 0.1) is 0 Å². The summed E-state index contributed by atoms with van der Waals surface area (Å²) >= 11 is 0. The second kappa shape index (κ2) is 4.66. The molecule has 0 N–H and O–H groups in total. The highest BCUT2D eigenvalue weighted by Gasteiger charge is 2.05. The molecule has 0 nitrogen and oxygen atoms in total. The Balaban J connectivity index is 2.37. The third-order valence-corrected chi connectivity index (χ3v) is 3.48. The van der Waals surface area contributed by atoms with E-state index in [0.717, 1.165) is 12.8 Å². The lowest BCUT2D eigenvalue weighted by molar-refractivity contribution is 1.03. The summed E-state index contributed by atoms with van der Waals surface area (Å²) in [7, 11) is 0. The van der Waals surface area contributed by atoms with E-state index in [2.05, 4.69) is 61.2 Å². The van der Waals surface area contributed by atoms with Crippen molar-refractivity contribution in [3.8, 4) is 0 Å². The summed E-state index contributed by atoms with van der Waals surface area (Å²) < 4.78 is 0. The van der Waals surface area contributed by atoms with Crippen molar-refractivity contribution in [2.75, 3.05) is 0 Å². The van der Waals surface area contributed by atoms with Gasteiger partial charge in [-0.15, -0.1) is 6.58 Å². The molecule has 0 saturated carbocycles. The summed E-state index contributed by atoms with van der Waals surface area (Å²) in [5.41, 5.74) is 1.45. The van der Waals surface area contributed by atoms with Crippen LogP contribution in [0.5, 0.6) is 0 Å². The van der Waals surface area contributed by atoms with Gasteiger partial charge in [0.2, 0.25) is 0 Å². The molecule has 0 heteroatoms. The van der Waals surface area contributed by atoms with Crippen LogP contribution in [0.1, 0.15) is 12.0 Å². The summed E-state index contributed by atoms with van der Waals surface area (Å²) in [5.74, 6) is 0. The van der Waals surface area contributed by atoms with Gasteiger partial charge in [0.1, 0.15) is 0 Å². The summed E-state index contributed by atoms with van der Waals surface area (Å²) in [6, 6.07) is 19.6. The van der Waals surface area contributed by atoms with Crippen molar-refractivity contribution >= 4 is 21.5 Å². The first-order chi connectivity index (χ1) is 8.90. The van der Waals surface area contributed by atoms with Gasteiger partial charge < -0.3 is 0 Å². The fourth-order valence-corrected chi connectivity index (χ4v) is 2.62. The third kappa shape index (κ3) is 1.80. The van der Waals surface area contributed by atoms with E-state index in [-0.39, 0.29) is 0 Å². The highest BCUT2D eigenvalue weighted by Crippen LogP contribution is 2.29. The molecule has 0 heterocycles. The molecule has 0 fully saturated rings. The highest BCUT2D eigenvalue weighted by atomic mass is 14.1. The molecular weight excluding hydrogens is 216 g/mol. The molecule has 3 aromatic carbocycles. The zero-order chi connectivity index (χ0) is 12.4. The topological polar surface area (TPSA) is 0 Å². The van der Waals surface area contributed by atoms with Crippen LogP contribution >= 0.6 is 0 Å². The summed E-state index contributed by atoms with van der Waals surface area (Å²) in [6.07, 6.45) is 4.08. The molecule has 0 aliphatic rings. The fourth-order valence-electron chi connectivity index (χ4n) is 2.62. The Bertz CT molecular complexity index is 653. The quantitative estimate of drug-likeness (QED) is 0.434. The molecule has 0 aromatic heterocycles. The van der Waals surface area contributed by atoms with Gasteiger partial charge in [-0.3, -0.25) is 0 Å². The number of aryl methyl sites for hydroxylation is 1. The largest absolute Gasteiger partial charge is 0.103 e. The average Bonchev–Trinajstić information content (AvgIpc) is 2.43. The van der Waals surface area contributed by atoms with E-state index in [9.17, 15) is 0 Å². The molecule has 0 aliphatic carbocycles. The minimum Gasteiger partial charge on any atom is -0.103 e. The molecule has 0 spiro atoms. The molecule has 3 rings (SSSR count). The Morgan fingerprint density at radius 1 is 0.833 bits per heavy atom. The molecule has 0 atom stereocenters. The van der Waals surface area contributed by atoms with Gasteiger partial charge in [0.15, 0.2) is 0 Å². The van der Waals surface area contributed by atoms with Crippen LogP contribution in [0.2, 0.25) is 0 Å². The molecule has 3 aromatic rings. The zero-order valence-corrected chi connectivity index (χ0v) is 10.4. The molecule has 0 amide bonds. The monoisotopic (exact) mass is 232 g/mol. The van der Waals surface area contributed by atoms with Crippen molar-refractivity contribution in [1.82, 2.24) is 0 Å². The third-order valence-electron chi connectivity index (χ3n) is 3.48. The Morgan fingerprint density at radius 3 is 1.94 bits per heavy atom. The smallest absolute Gasteiger partial charge is 0.0145 e. The molecule has 0 unspecified atom stereocenters. The molecule has 0 saturated heterocycles. The summed E-state index contributed by atoms with van der Waals surface area (Å²) in [5, 5.41) is 5.40. The Labute approximate surface area is 108 Å². The van der Waals surface area contributed by atoms with Crippen molar-refractivity contribution in [2.24, 2.45) is 0 Å². The van der Waals surface area contributed by atoms with E-state index in [4.69, 9.17) is 0 Å². The first kappa shape index (κ1) is 11.0. The molecule has 18 heavy (non-hydrogen) atoms. The van der Waals surface area contributed by atoms with Crippen LogP contribution in [0.4, 0.5) is 0 Å². The standard InChI is InChI=1S/C18H16/c1-2-3-10-18-16-11-6-4-8-14(16)13-15-9-5-7-12-17(15)18/h2,4-9,11-13H,1,3,10H2. The number of hydrogen-bond acceptors (Lipinski definition) is 0. The maximum absolute atomic E-state index is 3.84. The minimum atomic E-state index is 1.03. The average molecular weight is 232 g/mol. The lowest BCUT2D eigenvalue weighted by atomic mass is 9.94. The normalized spacial score (nSPS) is 10.9. The van der Waals surface area contributed by atoms with Gasteiger partial charge >= 0.3 is 0 Å². The van der Waals surface area contributed by atoms with Crippen molar-refractivity contribution in [3.63, 3.8) is 0 Å². The van der Waals surface area contributed by atoms with Crippen LogP contribution in [0.25, 0.3) is 21.5 Å². The van der Waals surface area contributed by atoms with Crippen LogP contribution in [-0.2, 0) is 6.42 Å². The van der Waals surface area contributed by atoms with Gasteiger partial charge in [-0.05, 0) is 46.0 Å². The number of hydrogen-bond donors (Lipinski definition) is 0. The van der Waals surface area contributed by atoms with Crippen molar-refractivity contribution in [3.05, 3.63) is 72.8 Å². The maximum atomic E-state index is 3.84. The van der Waals surface area contributed by atoms with E-state index < -0.39 is 0 Å². The summed E-state index contributed by atoms with van der Waals surface area (Å²) in [4.78, 5) is 0. The predicted octanol–water partition coefficient (Wildman–Crippen LogP) is 5.11. The first-order valence-electron chi connectivity index (χ1n) is 6.40. The lowest BCUT2D eigenvalue weighted by Gasteiger charge is -2.10. The van der Waals surface area contributed by atoms with Gasteiger partial charge in [-0.2, -0.15) is 0 Å². The molecule has 0 bridgehead atoms. The number of allylic oxidation sites excluding steroid dienone is 1. The second-order valence-electron chi connectivity index (χ2n) is 4.62. The lowest BCUT2D eigenvalue weighted by Crippen LogP contribution is -1.89. The van der Waals surface area contributed by atoms with Crippen LogP contribution in [0.3, 0.4) is 0 Å². The fraction of sp³-hybridized carbons (Fsp3) is 0.111. The highest BCUT2D eigenvalue weighted by molar-refractivity contribution is 6.02. The van der Waals surface area contributed by atoms with Gasteiger partial charge in [-0.1, -0.05) is 54.6 Å². The van der Waals surface area contributed by atoms with Gasteiger partial charge in [-0.25, -0.2) is 0 Å². The van der Waals surface area contributed by atoms with Gasteiger partial charge in [0, 0.05) is 0 Å². The van der Waals surface area contributed by atoms with E-state index in [0.29, 0.717) is 0 Å². The Morgan fingerprint density at radius 2 is 1.39 bits per heavy atom. The second-order valence-corrected chi connectivity index (χ2v) is 4.62. The number of fused-ring (bicyclic) bond motifs is 2. The SMILES string of the molecule is C=CCCc1c2ccccc2cc2ccccc12. The minimum absolute atomic E-state index is 1.03. The van der Waals surface area contributed by atoms with Crippen LogP contribution in [-0.4, -0.2) is 0 Å². The summed E-state index contributed by atoms with van der Waals surface area (Å²) in [6.45, 7) is 3.84. The number of rotatable bonds is 3. The molecular formula is C18H16. The van der Waals surface area contributed by atoms with E-state index in [1.807, 2.05) is 6.08 Å². The molecule has 0 radical (unpaired) electrons. The van der Waals surface area contributed by atoms with Crippen molar-refractivity contribution < 1.29 is 0 Å². The van der Waals surface area contributed by atoms with Crippen molar-refractivity contribution in [2.45, 2.75) is 12.8 Å². The van der Waals surface area contributed by atoms with E-state index in [1.165, 1.54) is 27.1 Å². The number of benzene rings is 3. The van der Waals surface area contributed by atoms with E-state index in [1.54, 1.807) is 0 Å². The molecule has 0 aliphatic heterocycles. The van der Waals surface area contributed by atoms with Crippen molar-refractivity contribution in [1.29, 1.82) is 0 Å². The maximum Gasteiger partial charge on any atom is -0.0145 e. The van der Waals surface area contributed by atoms with Crippen LogP contribution < -0.4 is 0 Å². The zero-order valence-electron chi connectivity index (χ0n) is 10.4.